The molecule has 6 nitrogen and oxygen atoms in total. The number of nitrogen functional groups attached to an aromatic ring is 1. The maximum Gasteiger partial charge on any atom is 0.227 e. The van der Waals surface area contributed by atoms with Crippen LogP contribution in [0.2, 0.25) is 0 Å². The summed E-state index contributed by atoms with van der Waals surface area (Å²) < 4.78 is 10.7. The maximum atomic E-state index is 6.17. The van der Waals surface area contributed by atoms with Crippen LogP contribution in [0, 0.1) is 5.92 Å². The van der Waals surface area contributed by atoms with Crippen LogP contribution >= 0.6 is 0 Å². The van der Waals surface area contributed by atoms with E-state index in [0.29, 0.717) is 23.3 Å². The second-order valence-electron chi connectivity index (χ2n) is 6.16. The molecule has 124 valence electrons. The summed E-state index contributed by atoms with van der Waals surface area (Å²) in [6.07, 6.45) is 3.58. The van der Waals surface area contributed by atoms with Gasteiger partial charge in [-0.05, 0) is 31.2 Å². The van der Waals surface area contributed by atoms with Crippen LogP contribution in [0.4, 0.5) is 11.8 Å². The number of rotatable bonds is 3. The predicted molar refractivity (Wildman–Crippen MR) is 92.3 cm³/mol. The molecule has 2 heterocycles. The number of ether oxygens (including phenoxy) is 2. The van der Waals surface area contributed by atoms with Gasteiger partial charge in [-0.25, -0.2) is 4.98 Å². The van der Waals surface area contributed by atoms with Crippen molar-refractivity contribution in [3.05, 3.63) is 12.1 Å². The highest BCUT2D eigenvalue weighted by atomic mass is 16.5. The molecule has 3 rings (SSSR count). The SMILES string of the molecule is COc1cc2nc(N3CCCC(C)CC3)nc(N)c2cc1OC. The molecule has 1 aliphatic heterocycles. The lowest BCUT2D eigenvalue weighted by atomic mass is 10.0. The Balaban J connectivity index is 2.02. The number of benzene rings is 1. The van der Waals surface area contributed by atoms with Gasteiger partial charge in [0.25, 0.3) is 0 Å². The summed E-state index contributed by atoms with van der Waals surface area (Å²) in [7, 11) is 3.22. The van der Waals surface area contributed by atoms with Crippen molar-refractivity contribution in [3.8, 4) is 11.5 Å². The van der Waals surface area contributed by atoms with E-state index in [0.717, 1.165) is 42.8 Å². The summed E-state index contributed by atoms with van der Waals surface area (Å²) >= 11 is 0. The molecule has 0 amide bonds. The third kappa shape index (κ3) is 3.11. The van der Waals surface area contributed by atoms with E-state index < -0.39 is 0 Å². The van der Waals surface area contributed by atoms with E-state index >= 15 is 0 Å². The minimum absolute atomic E-state index is 0.475. The summed E-state index contributed by atoms with van der Waals surface area (Å²) in [5.41, 5.74) is 6.95. The fraction of sp³-hybridized carbons (Fsp3) is 0.529. The van der Waals surface area contributed by atoms with Crippen molar-refractivity contribution in [1.82, 2.24) is 9.97 Å². The highest BCUT2D eigenvalue weighted by molar-refractivity contribution is 5.91. The monoisotopic (exact) mass is 316 g/mol. The van der Waals surface area contributed by atoms with Crippen LogP contribution in [-0.4, -0.2) is 37.3 Å². The molecule has 0 radical (unpaired) electrons. The number of hydrogen-bond donors (Lipinski definition) is 1. The van der Waals surface area contributed by atoms with Crippen molar-refractivity contribution in [2.75, 3.05) is 37.9 Å². The van der Waals surface area contributed by atoms with Crippen molar-refractivity contribution in [2.24, 2.45) is 5.92 Å². The molecule has 0 spiro atoms. The van der Waals surface area contributed by atoms with Crippen molar-refractivity contribution in [3.63, 3.8) is 0 Å². The number of nitrogens with zero attached hydrogens (tertiary/aromatic N) is 3. The molecule has 0 aliphatic carbocycles. The summed E-state index contributed by atoms with van der Waals surface area (Å²) in [5, 5.41) is 0.787. The van der Waals surface area contributed by atoms with Gasteiger partial charge in [-0.15, -0.1) is 0 Å². The Hall–Kier alpha value is -2.24. The molecule has 1 fully saturated rings. The number of fused-ring (bicyclic) bond motifs is 1. The lowest BCUT2D eigenvalue weighted by Gasteiger charge is -2.21. The summed E-state index contributed by atoms with van der Waals surface area (Å²) in [4.78, 5) is 11.5. The minimum Gasteiger partial charge on any atom is -0.493 e. The van der Waals surface area contributed by atoms with Gasteiger partial charge in [-0.2, -0.15) is 4.98 Å². The first kappa shape index (κ1) is 15.6. The van der Waals surface area contributed by atoms with Crippen LogP contribution in [0.15, 0.2) is 12.1 Å². The van der Waals surface area contributed by atoms with Crippen LogP contribution in [0.1, 0.15) is 26.2 Å². The molecule has 1 unspecified atom stereocenters. The average molecular weight is 316 g/mol. The lowest BCUT2D eigenvalue weighted by Crippen LogP contribution is -2.26. The number of aromatic nitrogens is 2. The zero-order chi connectivity index (χ0) is 16.4. The molecule has 0 saturated carbocycles. The Kier molecular flexibility index (Phi) is 4.41. The Labute approximate surface area is 136 Å². The number of methoxy groups -OCH3 is 2. The molecule has 1 aromatic carbocycles. The quantitative estimate of drug-likeness (QED) is 0.938. The second kappa shape index (κ2) is 6.48. The van der Waals surface area contributed by atoms with Gasteiger partial charge >= 0.3 is 0 Å². The van der Waals surface area contributed by atoms with Gasteiger partial charge in [0.1, 0.15) is 5.82 Å². The van der Waals surface area contributed by atoms with Crippen molar-refractivity contribution < 1.29 is 9.47 Å². The van der Waals surface area contributed by atoms with E-state index in [-0.39, 0.29) is 0 Å². The zero-order valence-electron chi connectivity index (χ0n) is 14.0. The van der Waals surface area contributed by atoms with Gasteiger partial charge in [0.2, 0.25) is 5.95 Å². The molecule has 1 aliphatic rings. The molecule has 1 aromatic heterocycles. The summed E-state index contributed by atoms with van der Waals surface area (Å²) in [5.74, 6) is 3.21. The predicted octanol–water partition coefficient (Wildman–Crippen LogP) is 2.86. The first-order valence-electron chi connectivity index (χ1n) is 8.06. The topological polar surface area (TPSA) is 73.5 Å². The summed E-state index contributed by atoms with van der Waals surface area (Å²) in [6, 6.07) is 3.69. The maximum absolute atomic E-state index is 6.17. The first-order chi connectivity index (χ1) is 11.1. The molecule has 23 heavy (non-hydrogen) atoms. The minimum atomic E-state index is 0.475. The van der Waals surface area contributed by atoms with Crippen molar-refractivity contribution in [2.45, 2.75) is 26.2 Å². The van der Waals surface area contributed by atoms with Crippen LogP contribution in [0.3, 0.4) is 0 Å². The van der Waals surface area contributed by atoms with Crippen molar-refractivity contribution >= 4 is 22.7 Å². The largest absolute Gasteiger partial charge is 0.493 e. The Bertz CT molecular complexity index is 705. The Morgan fingerprint density at radius 1 is 1.09 bits per heavy atom. The van der Waals surface area contributed by atoms with Gasteiger partial charge in [0.05, 0.1) is 19.7 Å². The fourth-order valence-electron chi connectivity index (χ4n) is 3.07. The fourth-order valence-corrected chi connectivity index (χ4v) is 3.07. The Morgan fingerprint density at radius 3 is 2.57 bits per heavy atom. The Morgan fingerprint density at radius 2 is 1.83 bits per heavy atom. The van der Waals surface area contributed by atoms with Crippen LogP contribution in [0.5, 0.6) is 11.5 Å². The second-order valence-corrected chi connectivity index (χ2v) is 6.16. The molecule has 2 N–H and O–H groups in total. The van der Waals surface area contributed by atoms with Crippen molar-refractivity contribution in [1.29, 1.82) is 0 Å². The van der Waals surface area contributed by atoms with E-state index in [1.165, 1.54) is 6.42 Å². The lowest BCUT2D eigenvalue weighted by molar-refractivity contribution is 0.356. The van der Waals surface area contributed by atoms with Crippen LogP contribution < -0.4 is 20.1 Å². The van der Waals surface area contributed by atoms with E-state index in [4.69, 9.17) is 20.2 Å². The molecule has 1 atom stereocenters. The van der Waals surface area contributed by atoms with Gasteiger partial charge in [0.15, 0.2) is 11.5 Å². The van der Waals surface area contributed by atoms with E-state index in [2.05, 4.69) is 16.8 Å². The highest BCUT2D eigenvalue weighted by Gasteiger charge is 2.18. The average Bonchev–Trinajstić information content (AvgIpc) is 2.78. The summed E-state index contributed by atoms with van der Waals surface area (Å²) in [6.45, 7) is 4.25. The van der Waals surface area contributed by atoms with E-state index in [1.807, 2.05) is 12.1 Å². The zero-order valence-corrected chi connectivity index (χ0v) is 14.0. The smallest absolute Gasteiger partial charge is 0.227 e. The number of anilines is 2. The van der Waals surface area contributed by atoms with Gasteiger partial charge in [-0.3, -0.25) is 0 Å². The number of hydrogen-bond acceptors (Lipinski definition) is 6. The third-order valence-electron chi connectivity index (χ3n) is 4.52. The molecule has 2 aromatic rings. The highest BCUT2D eigenvalue weighted by Crippen LogP contribution is 2.34. The van der Waals surface area contributed by atoms with Gasteiger partial charge in [0, 0.05) is 24.5 Å². The van der Waals surface area contributed by atoms with Gasteiger partial charge < -0.3 is 20.1 Å². The molecular weight excluding hydrogens is 292 g/mol. The molecule has 1 saturated heterocycles. The third-order valence-corrected chi connectivity index (χ3v) is 4.52. The normalized spacial score (nSPS) is 18.7. The first-order valence-corrected chi connectivity index (χ1v) is 8.06. The van der Waals surface area contributed by atoms with E-state index in [9.17, 15) is 0 Å². The van der Waals surface area contributed by atoms with E-state index in [1.54, 1.807) is 14.2 Å². The standard InChI is InChI=1S/C17H24N4O2/c1-11-5-4-7-21(8-6-11)17-19-13-10-15(23-3)14(22-2)9-12(13)16(18)20-17/h9-11H,4-8H2,1-3H3,(H2,18,19,20). The van der Waals surface area contributed by atoms with Crippen LogP contribution in [-0.2, 0) is 0 Å². The molecule has 0 bridgehead atoms. The number of nitrogens with two attached hydrogens (primary N) is 1. The molecular formula is C17H24N4O2. The van der Waals surface area contributed by atoms with Crippen LogP contribution in [0.25, 0.3) is 10.9 Å². The molecule has 6 heteroatoms. The van der Waals surface area contributed by atoms with Gasteiger partial charge in [-0.1, -0.05) is 6.92 Å².